The number of hydrogen-bond acceptors (Lipinski definition) is 2. The molecule has 0 amide bonds. The van der Waals surface area contributed by atoms with Gasteiger partial charge >= 0.3 is 0 Å². The Kier molecular flexibility index (Phi) is 2.97. The van der Waals surface area contributed by atoms with Crippen molar-refractivity contribution in [1.82, 2.24) is 10.6 Å². The van der Waals surface area contributed by atoms with Crippen LogP contribution in [0.3, 0.4) is 0 Å². The molecule has 3 atom stereocenters. The van der Waals surface area contributed by atoms with Crippen molar-refractivity contribution in [1.29, 1.82) is 0 Å². The number of hydrogen-bond donors (Lipinski definition) is 2. The minimum Gasteiger partial charge on any atom is -0.316 e. The van der Waals surface area contributed by atoms with Gasteiger partial charge in [-0.15, -0.1) is 0 Å². The molecule has 3 aliphatic rings. The molecule has 2 saturated heterocycles. The average Bonchev–Trinajstić information content (AvgIpc) is 2.94. The van der Waals surface area contributed by atoms with Crippen LogP contribution in [0.25, 0.3) is 0 Å². The van der Waals surface area contributed by atoms with E-state index in [9.17, 15) is 0 Å². The highest BCUT2D eigenvalue weighted by Crippen LogP contribution is 2.37. The molecular weight excluding hydrogens is 196 g/mol. The van der Waals surface area contributed by atoms with E-state index < -0.39 is 0 Å². The summed E-state index contributed by atoms with van der Waals surface area (Å²) in [6.45, 7) is 4.97. The van der Waals surface area contributed by atoms with Gasteiger partial charge in [0.25, 0.3) is 0 Å². The zero-order valence-corrected chi connectivity index (χ0v) is 10.6. The standard InChI is InChI=1S/C14H26N2/c1-14(6-2-3-7-14)10-15-9-11-8-12-4-5-13(11)16-12/h11-13,15-16H,2-10H2,1H3. The summed E-state index contributed by atoms with van der Waals surface area (Å²) in [4.78, 5) is 0. The fourth-order valence-corrected chi connectivity index (χ4v) is 4.13. The van der Waals surface area contributed by atoms with Crippen molar-refractivity contribution >= 4 is 0 Å². The molecular formula is C14H26N2. The molecule has 2 heterocycles. The van der Waals surface area contributed by atoms with E-state index in [-0.39, 0.29) is 0 Å². The highest BCUT2D eigenvalue weighted by molar-refractivity contribution is 4.98. The summed E-state index contributed by atoms with van der Waals surface area (Å²) in [7, 11) is 0. The average molecular weight is 222 g/mol. The highest BCUT2D eigenvalue weighted by atomic mass is 15.0. The molecule has 3 unspecified atom stereocenters. The molecule has 0 aromatic carbocycles. The first-order valence-electron chi connectivity index (χ1n) is 7.22. The van der Waals surface area contributed by atoms with Crippen LogP contribution >= 0.6 is 0 Å². The number of nitrogens with one attached hydrogen (secondary N) is 2. The highest BCUT2D eigenvalue weighted by Gasteiger charge is 2.38. The van der Waals surface area contributed by atoms with Crippen molar-refractivity contribution in [2.45, 2.75) is 64.0 Å². The Morgan fingerprint density at radius 2 is 2.06 bits per heavy atom. The second-order valence-electron chi connectivity index (χ2n) is 6.69. The topological polar surface area (TPSA) is 24.1 Å². The van der Waals surface area contributed by atoms with Crippen LogP contribution in [0.2, 0.25) is 0 Å². The van der Waals surface area contributed by atoms with Crippen LogP contribution < -0.4 is 10.6 Å². The van der Waals surface area contributed by atoms with Crippen LogP contribution in [-0.4, -0.2) is 25.2 Å². The second kappa shape index (κ2) is 4.30. The summed E-state index contributed by atoms with van der Waals surface area (Å²) >= 11 is 0. The van der Waals surface area contributed by atoms with Gasteiger partial charge in [-0.3, -0.25) is 0 Å². The quantitative estimate of drug-likeness (QED) is 0.762. The smallest absolute Gasteiger partial charge is 0.0111 e. The lowest BCUT2D eigenvalue weighted by molar-refractivity contribution is 0.292. The Bertz CT molecular complexity index is 245. The summed E-state index contributed by atoms with van der Waals surface area (Å²) in [6.07, 6.45) is 10.1. The molecule has 2 bridgehead atoms. The number of fused-ring (bicyclic) bond motifs is 2. The second-order valence-corrected chi connectivity index (χ2v) is 6.69. The zero-order chi connectivity index (χ0) is 11.0. The molecule has 92 valence electrons. The van der Waals surface area contributed by atoms with Crippen LogP contribution in [0, 0.1) is 11.3 Å². The first-order valence-corrected chi connectivity index (χ1v) is 7.22. The molecule has 3 rings (SSSR count). The first-order chi connectivity index (χ1) is 7.75. The zero-order valence-electron chi connectivity index (χ0n) is 10.6. The van der Waals surface area contributed by atoms with Gasteiger partial charge in [-0.05, 0) is 50.0 Å². The van der Waals surface area contributed by atoms with Crippen molar-refractivity contribution in [3.63, 3.8) is 0 Å². The fraction of sp³-hybridized carbons (Fsp3) is 1.00. The van der Waals surface area contributed by atoms with Gasteiger partial charge in [-0.2, -0.15) is 0 Å². The molecule has 0 aromatic rings. The van der Waals surface area contributed by atoms with Crippen molar-refractivity contribution in [2.24, 2.45) is 11.3 Å². The molecule has 2 N–H and O–H groups in total. The molecule has 0 aromatic heterocycles. The Balaban J connectivity index is 1.40. The van der Waals surface area contributed by atoms with E-state index in [1.165, 1.54) is 58.0 Å². The maximum absolute atomic E-state index is 3.75. The molecule has 0 spiro atoms. The van der Waals surface area contributed by atoms with Crippen molar-refractivity contribution in [2.75, 3.05) is 13.1 Å². The minimum absolute atomic E-state index is 0.616. The lowest BCUT2D eigenvalue weighted by atomic mass is 9.87. The summed E-state index contributed by atoms with van der Waals surface area (Å²) in [5.74, 6) is 0.920. The molecule has 0 radical (unpaired) electrons. The number of rotatable bonds is 4. The Hall–Kier alpha value is -0.0800. The van der Waals surface area contributed by atoms with Gasteiger partial charge in [-0.1, -0.05) is 19.8 Å². The van der Waals surface area contributed by atoms with Crippen molar-refractivity contribution in [3.8, 4) is 0 Å². The predicted octanol–water partition coefficient (Wildman–Crippen LogP) is 2.30. The Labute approximate surface area is 99.6 Å². The summed E-state index contributed by atoms with van der Waals surface area (Å²) in [5.41, 5.74) is 0.616. The molecule has 2 nitrogen and oxygen atoms in total. The van der Waals surface area contributed by atoms with Crippen molar-refractivity contribution < 1.29 is 0 Å². The monoisotopic (exact) mass is 222 g/mol. The molecule has 1 saturated carbocycles. The van der Waals surface area contributed by atoms with E-state index in [1.807, 2.05) is 0 Å². The molecule has 2 aliphatic heterocycles. The van der Waals surface area contributed by atoms with E-state index in [2.05, 4.69) is 17.6 Å². The van der Waals surface area contributed by atoms with E-state index >= 15 is 0 Å². The van der Waals surface area contributed by atoms with Crippen LogP contribution in [0.1, 0.15) is 51.9 Å². The fourth-order valence-electron chi connectivity index (χ4n) is 4.13. The van der Waals surface area contributed by atoms with Gasteiger partial charge in [-0.25, -0.2) is 0 Å². The predicted molar refractivity (Wildman–Crippen MR) is 67.5 cm³/mol. The van der Waals surface area contributed by atoms with Gasteiger partial charge in [0, 0.05) is 18.6 Å². The lowest BCUT2D eigenvalue weighted by Gasteiger charge is -2.26. The molecule has 2 heteroatoms. The molecule has 1 aliphatic carbocycles. The van der Waals surface area contributed by atoms with Gasteiger partial charge in [0.05, 0.1) is 0 Å². The van der Waals surface area contributed by atoms with Crippen LogP contribution in [0.4, 0.5) is 0 Å². The third-order valence-electron chi connectivity index (χ3n) is 5.20. The normalized spacial score (nSPS) is 40.7. The summed E-state index contributed by atoms with van der Waals surface area (Å²) in [6, 6.07) is 1.70. The van der Waals surface area contributed by atoms with Gasteiger partial charge in [0.2, 0.25) is 0 Å². The third kappa shape index (κ3) is 2.14. The van der Waals surface area contributed by atoms with E-state index in [0.717, 1.165) is 18.0 Å². The molecule has 3 fully saturated rings. The third-order valence-corrected chi connectivity index (χ3v) is 5.20. The van der Waals surface area contributed by atoms with Crippen LogP contribution in [0.5, 0.6) is 0 Å². The molecule has 16 heavy (non-hydrogen) atoms. The summed E-state index contributed by atoms with van der Waals surface area (Å²) in [5, 5.41) is 7.48. The first kappa shape index (κ1) is 11.0. The Morgan fingerprint density at radius 1 is 1.25 bits per heavy atom. The summed E-state index contributed by atoms with van der Waals surface area (Å²) < 4.78 is 0. The van der Waals surface area contributed by atoms with Crippen LogP contribution in [-0.2, 0) is 0 Å². The SMILES string of the molecule is CC1(CNCC2CC3CCC2N3)CCCC1. The minimum atomic E-state index is 0.616. The van der Waals surface area contributed by atoms with E-state index in [4.69, 9.17) is 0 Å². The van der Waals surface area contributed by atoms with Gasteiger partial charge in [0.15, 0.2) is 0 Å². The Morgan fingerprint density at radius 3 is 2.69 bits per heavy atom. The van der Waals surface area contributed by atoms with Gasteiger partial charge < -0.3 is 10.6 Å². The van der Waals surface area contributed by atoms with Gasteiger partial charge in [0.1, 0.15) is 0 Å². The lowest BCUT2D eigenvalue weighted by Crippen LogP contribution is -2.36. The van der Waals surface area contributed by atoms with Crippen molar-refractivity contribution in [3.05, 3.63) is 0 Å². The maximum Gasteiger partial charge on any atom is 0.0111 e. The maximum atomic E-state index is 3.75. The van der Waals surface area contributed by atoms with Crippen LogP contribution in [0.15, 0.2) is 0 Å². The largest absolute Gasteiger partial charge is 0.316 e. The van der Waals surface area contributed by atoms with E-state index in [1.54, 1.807) is 0 Å². The van der Waals surface area contributed by atoms with E-state index in [0.29, 0.717) is 5.41 Å².